The van der Waals surface area contributed by atoms with E-state index in [4.69, 9.17) is 18.9 Å². The number of aliphatic imine (C=N–C) groups is 1. The standard InChI is InChI=1S/C19H26N2O5S/c1-19(2)25-14-10-20-18(21(3)4)27-12-24-15(16(14)26-19)11-23-17(22)13-8-6-5-7-9-13/h5-9,14-16H,10-12H2,1-4H3/t14-,15-,16+/m1/s1. The van der Waals surface area contributed by atoms with E-state index in [1.54, 1.807) is 24.3 Å². The van der Waals surface area contributed by atoms with Crippen molar-refractivity contribution in [3.63, 3.8) is 0 Å². The zero-order valence-electron chi connectivity index (χ0n) is 16.1. The summed E-state index contributed by atoms with van der Waals surface area (Å²) in [6.45, 7) is 4.28. The largest absolute Gasteiger partial charge is 0.459 e. The third kappa shape index (κ3) is 5.22. The molecule has 0 saturated carbocycles. The van der Waals surface area contributed by atoms with Crippen LogP contribution in [0.2, 0.25) is 0 Å². The Kier molecular flexibility index (Phi) is 6.41. The van der Waals surface area contributed by atoms with Crippen LogP contribution in [0.5, 0.6) is 0 Å². The Morgan fingerprint density at radius 3 is 2.74 bits per heavy atom. The smallest absolute Gasteiger partial charge is 0.338 e. The minimum atomic E-state index is -0.736. The number of esters is 1. The van der Waals surface area contributed by atoms with Gasteiger partial charge in [0.15, 0.2) is 11.0 Å². The number of nitrogens with zero attached hydrogens (tertiary/aromatic N) is 2. The first-order chi connectivity index (χ1) is 12.9. The predicted octanol–water partition coefficient (Wildman–Crippen LogP) is 2.37. The first kappa shape index (κ1) is 20.1. The monoisotopic (exact) mass is 394 g/mol. The van der Waals surface area contributed by atoms with Gasteiger partial charge in [-0.1, -0.05) is 30.0 Å². The van der Waals surface area contributed by atoms with Gasteiger partial charge in [-0.3, -0.25) is 4.99 Å². The van der Waals surface area contributed by atoms with Gasteiger partial charge in [0.2, 0.25) is 0 Å². The van der Waals surface area contributed by atoms with Crippen molar-refractivity contribution in [2.24, 2.45) is 4.99 Å². The van der Waals surface area contributed by atoms with Crippen LogP contribution >= 0.6 is 11.8 Å². The van der Waals surface area contributed by atoms with Gasteiger partial charge < -0.3 is 23.8 Å². The maximum atomic E-state index is 12.3. The van der Waals surface area contributed by atoms with Crippen molar-refractivity contribution in [3.05, 3.63) is 35.9 Å². The summed E-state index contributed by atoms with van der Waals surface area (Å²) in [5.74, 6) is -0.732. The van der Waals surface area contributed by atoms with E-state index in [9.17, 15) is 4.79 Å². The highest BCUT2D eigenvalue weighted by molar-refractivity contribution is 8.13. The number of ether oxygens (including phenoxy) is 4. The summed E-state index contributed by atoms with van der Waals surface area (Å²) < 4.78 is 23.6. The number of fused-ring (bicyclic) bond motifs is 1. The second-order valence-electron chi connectivity index (χ2n) is 7.09. The van der Waals surface area contributed by atoms with E-state index < -0.39 is 11.9 Å². The normalized spacial score (nSPS) is 27.6. The molecular formula is C19H26N2O5S. The molecule has 0 aliphatic carbocycles. The van der Waals surface area contributed by atoms with Crippen LogP contribution in [-0.4, -0.2) is 73.3 Å². The highest BCUT2D eigenvalue weighted by atomic mass is 32.2. The van der Waals surface area contributed by atoms with Gasteiger partial charge in [0.05, 0.1) is 12.1 Å². The number of rotatable bonds is 3. The zero-order valence-corrected chi connectivity index (χ0v) is 16.9. The van der Waals surface area contributed by atoms with Gasteiger partial charge in [-0.2, -0.15) is 0 Å². The second kappa shape index (κ2) is 8.60. The molecule has 2 aliphatic heterocycles. The van der Waals surface area contributed by atoms with Gasteiger partial charge in [-0.15, -0.1) is 0 Å². The molecule has 1 aromatic rings. The molecule has 1 saturated heterocycles. The van der Waals surface area contributed by atoms with E-state index in [1.165, 1.54) is 11.8 Å². The lowest BCUT2D eigenvalue weighted by atomic mass is 10.1. The Morgan fingerprint density at radius 1 is 1.30 bits per heavy atom. The Bertz CT molecular complexity index is 680. The van der Waals surface area contributed by atoms with Gasteiger partial charge in [0.1, 0.15) is 30.9 Å². The lowest BCUT2D eigenvalue weighted by Gasteiger charge is -2.25. The van der Waals surface area contributed by atoms with Gasteiger partial charge in [-0.05, 0) is 26.0 Å². The van der Waals surface area contributed by atoms with Gasteiger partial charge >= 0.3 is 5.97 Å². The number of hydrogen-bond acceptors (Lipinski definition) is 8. The van der Waals surface area contributed by atoms with Crippen LogP contribution in [0.4, 0.5) is 0 Å². The van der Waals surface area contributed by atoms with E-state index in [0.29, 0.717) is 18.0 Å². The predicted molar refractivity (Wildman–Crippen MR) is 104 cm³/mol. The lowest BCUT2D eigenvalue weighted by Crippen LogP contribution is -2.42. The SMILES string of the molecule is CN(C)C1=NC[C@H]2OC(C)(C)O[C@@H]2[C@@H](COC(=O)c2ccccc2)OCS1. The van der Waals surface area contributed by atoms with E-state index in [-0.39, 0.29) is 24.8 Å². The topological polar surface area (TPSA) is 69.6 Å². The average molecular weight is 394 g/mol. The lowest BCUT2D eigenvalue weighted by molar-refractivity contribution is -0.160. The van der Waals surface area contributed by atoms with Crippen molar-refractivity contribution in [2.75, 3.05) is 33.2 Å². The molecule has 0 radical (unpaired) electrons. The second-order valence-corrected chi connectivity index (χ2v) is 7.98. The van der Waals surface area contributed by atoms with Crippen molar-refractivity contribution in [1.29, 1.82) is 0 Å². The highest BCUT2D eigenvalue weighted by Crippen LogP contribution is 2.32. The molecule has 0 unspecified atom stereocenters. The highest BCUT2D eigenvalue weighted by Gasteiger charge is 2.46. The minimum Gasteiger partial charge on any atom is -0.459 e. The maximum absolute atomic E-state index is 12.3. The molecular weight excluding hydrogens is 368 g/mol. The molecule has 0 N–H and O–H groups in total. The molecule has 0 amide bonds. The molecule has 0 aromatic heterocycles. The molecule has 0 spiro atoms. The van der Waals surface area contributed by atoms with Crippen molar-refractivity contribution in [1.82, 2.24) is 4.90 Å². The maximum Gasteiger partial charge on any atom is 0.338 e. The number of hydrogen-bond donors (Lipinski definition) is 0. The molecule has 1 aromatic carbocycles. The third-order valence-electron chi connectivity index (χ3n) is 4.24. The van der Waals surface area contributed by atoms with Crippen LogP contribution in [-0.2, 0) is 18.9 Å². The van der Waals surface area contributed by atoms with Gasteiger partial charge in [-0.25, -0.2) is 4.79 Å². The summed E-state index contributed by atoms with van der Waals surface area (Å²) in [4.78, 5) is 18.9. The fraction of sp³-hybridized carbons (Fsp3) is 0.579. The summed E-state index contributed by atoms with van der Waals surface area (Å²) in [6.07, 6.45) is -1.07. The molecule has 27 heavy (non-hydrogen) atoms. The van der Waals surface area contributed by atoms with Crippen molar-refractivity contribution >= 4 is 22.9 Å². The fourth-order valence-corrected chi connectivity index (χ4v) is 3.80. The third-order valence-corrected chi connectivity index (χ3v) is 5.24. The van der Waals surface area contributed by atoms with Crippen LogP contribution in [0.25, 0.3) is 0 Å². The minimum absolute atomic E-state index is 0.0895. The molecule has 1 fully saturated rings. The summed E-state index contributed by atoms with van der Waals surface area (Å²) in [5.41, 5.74) is 0.508. The zero-order chi connectivity index (χ0) is 19.4. The van der Waals surface area contributed by atoms with Crippen LogP contribution < -0.4 is 0 Å². The van der Waals surface area contributed by atoms with Crippen LogP contribution in [0, 0.1) is 0 Å². The molecule has 2 aliphatic rings. The van der Waals surface area contributed by atoms with E-state index in [2.05, 4.69) is 4.99 Å². The Balaban J connectivity index is 1.71. The number of carbonyl (C=O) groups is 1. The number of benzene rings is 1. The van der Waals surface area contributed by atoms with Crippen molar-refractivity contribution in [3.8, 4) is 0 Å². The molecule has 3 rings (SSSR count). The van der Waals surface area contributed by atoms with Crippen molar-refractivity contribution < 1.29 is 23.7 Å². The van der Waals surface area contributed by atoms with E-state index in [1.807, 2.05) is 38.9 Å². The quantitative estimate of drug-likeness (QED) is 0.729. The number of thioether (sulfide) groups is 1. The summed E-state index contributed by atoms with van der Waals surface area (Å²) in [6, 6.07) is 8.90. The summed E-state index contributed by atoms with van der Waals surface area (Å²) >= 11 is 1.49. The fourth-order valence-electron chi connectivity index (χ4n) is 3.03. The molecule has 2 heterocycles. The first-order valence-electron chi connectivity index (χ1n) is 8.90. The molecule has 0 bridgehead atoms. The van der Waals surface area contributed by atoms with Gasteiger partial charge in [0, 0.05) is 14.1 Å². The molecule has 3 atom stereocenters. The molecule has 148 valence electrons. The van der Waals surface area contributed by atoms with Crippen molar-refractivity contribution in [2.45, 2.75) is 37.9 Å². The van der Waals surface area contributed by atoms with Crippen LogP contribution in [0.3, 0.4) is 0 Å². The Morgan fingerprint density at radius 2 is 2.04 bits per heavy atom. The number of carbonyl (C=O) groups excluding carboxylic acids is 1. The van der Waals surface area contributed by atoms with E-state index in [0.717, 1.165) is 5.17 Å². The average Bonchev–Trinajstić information content (AvgIpc) is 2.97. The number of amidine groups is 1. The molecule has 8 heteroatoms. The van der Waals surface area contributed by atoms with E-state index >= 15 is 0 Å². The molecule has 7 nitrogen and oxygen atoms in total. The first-order valence-corrected chi connectivity index (χ1v) is 9.88. The Hall–Kier alpha value is -1.61. The summed E-state index contributed by atoms with van der Waals surface area (Å²) in [5, 5.41) is 0.865. The Labute approximate surface area is 164 Å². The van der Waals surface area contributed by atoms with Crippen LogP contribution in [0.15, 0.2) is 35.3 Å². The summed E-state index contributed by atoms with van der Waals surface area (Å²) in [7, 11) is 3.88. The van der Waals surface area contributed by atoms with Crippen LogP contribution in [0.1, 0.15) is 24.2 Å². The van der Waals surface area contributed by atoms with Gasteiger partial charge in [0.25, 0.3) is 0 Å².